The molecule has 0 aliphatic carbocycles. The predicted octanol–water partition coefficient (Wildman–Crippen LogP) is 4.54. The van der Waals surface area contributed by atoms with Crippen molar-refractivity contribution in [2.24, 2.45) is 11.7 Å². The third-order valence-electron chi connectivity index (χ3n) is 2.98. The van der Waals surface area contributed by atoms with Gasteiger partial charge in [-0.2, -0.15) is 0 Å². The predicted molar refractivity (Wildman–Crippen MR) is 86.4 cm³/mol. The highest BCUT2D eigenvalue weighted by Gasteiger charge is 2.14. The van der Waals surface area contributed by atoms with Crippen molar-refractivity contribution < 1.29 is 0 Å². The maximum Gasteiger partial charge on any atom is 0.124 e. The van der Waals surface area contributed by atoms with Crippen molar-refractivity contribution in [3.63, 3.8) is 0 Å². The number of nitrogens with zero attached hydrogens (tertiary/aromatic N) is 1. The number of benzene rings is 1. The molecule has 1 heterocycles. The van der Waals surface area contributed by atoms with Crippen LogP contribution in [-0.2, 0) is 13.0 Å². The topological polar surface area (TPSA) is 38.9 Å². The van der Waals surface area contributed by atoms with Crippen molar-refractivity contribution in [1.82, 2.24) is 4.98 Å². The number of nitrogens with two attached hydrogens (primary N) is 1. The van der Waals surface area contributed by atoms with Gasteiger partial charge in [0.1, 0.15) is 5.01 Å². The standard InChI is InChI=1S/C15H19BrN2S/c1-9(2)6-13-14(8-17)19-15(18-13)12-5-4-11(16)7-10(12)3/h4-5,7,9H,6,8,17H2,1-3H3. The highest BCUT2D eigenvalue weighted by molar-refractivity contribution is 9.10. The minimum Gasteiger partial charge on any atom is -0.326 e. The molecule has 0 amide bonds. The first-order valence-corrected chi connectivity index (χ1v) is 8.07. The Hall–Kier alpha value is -0.710. The minimum absolute atomic E-state index is 0.579. The second kappa shape index (κ2) is 6.16. The Labute approximate surface area is 127 Å². The lowest BCUT2D eigenvalue weighted by molar-refractivity contribution is 0.634. The molecule has 102 valence electrons. The van der Waals surface area contributed by atoms with Crippen LogP contribution in [0.4, 0.5) is 0 Å². The molecule has 0 bridgehead atoms. The molecular formula is C15H19BrN2S. The van der Waals surface area contributed by atoms with Gasteiger partial charge in [-0.05, 0) is 37.0 Å². The summed E-state index contributed by atoms with van der Waals surface area (Å²) in [7, 11) is 0. The number of halogens is 1. The third-order valence-corrected chi connectivity index (χ3v) is 4.63. The van der Waals surface area contributed by atoms with Gasteiger partial charge in [-0.25, -0.2) is 4.98 Å². The van der Waals surface area contributed by atoms with Crippen molar-refractivity contribution >= 4 is 27.3 Å². The summed E-state index contributed by atoms with van der Waals surface area (Å²) < 4.78 is 1.10. The molecule has 0 fully saturated rings. The fraction of sp³-hybridized carbons (Fsp3) is 0.400. The highest BCUT2D eigenvalue weighted by atomic mass is 79.9. The number of thiazole rings is 1. The Kier molecular flexibility index (Phi) is 4.76. The maximum absolute atomic E-state index is 5.84. The van der Waals surface area contributed by atoms with Gasteiger partial charge in [0.15, 0.2) is 0 Å². The van der Waals surface area contributed by atoms with Crippen LogP contribution >= 0.6 is 27.3 Å². The number of aryl methyl sites for hydroxylation is 1. The number of aromatic nitrogens is 1. The van der Waals surface area contributed by atoms with E-state index in [2.05, 4.69) is 54.9 Å². The van der Waals surface area contributed by atoms with E-state index in [-0.39, 0.29) is 0 Å². The average Bonchev–Trinajstić information content (AvgIpc) is 2.71. The SMILES string of the molecule is Cc1cc(Br)ccc1-c1nc(CC(C)C)c(CN)s1. The van der Waals surface area contributed by atoms with E-state index in [1.807, 2.05) is 0 Å². The fourth-order valence-corrected chi connectivity index (χ4v) is 3.61. The van der Waals surface area contributed by atoms with E-state index in [0.29, 0.717) is 12.5 Å². The lowest BCUT2D eigenvalue weighted by atomic mass is 10.1. The van der Waals surface area contributed by atoms with Crippen molar-refractivity contribution in [2.45, 2.75) is 33.7 Å². The molecule has 0 radical (unpaired) electrons. The Balaban J connectivity index is 2.42. The zero-order valence-corrected chi connectivity index (χ0v) is 13.9. The zero-order chi connectivity index (χ0) is 14.0. The van der Waals surface area contributed by atoms with Crippen LogP contribution in [0.5, 0.6) is 0 Å². The molecule has 0 saturated heterocycles. The van der Waals surface area contributed by atoms with Crippen LogP contribution in [0.1, 0.15) is 30.0 Å². The Morgan fingerprint density at radius 1 is 1.37 bits per heavy atom. The van der Waals surface area contributed by atoms with Crippen molar-refractivity contribution in [2.75, 3.05) is 0 Å². The van der Waals surface area contributed by atoms with E-state index in [1.54, 1.807) is 11.3 Å². The number of hydrogen-bond acceptors (Lipinski definition) is 3. The molecule has 0 unspecified atom stereocenters. The van der Waals surface area contributed by atoms with Gasteiger partial charge in [-0.15, -0.1) is 11.3 Å². The second-order valence-electron chi connectivity index (χ2n) is 5.15. The first-order valence-electron chi connectivity index (χ1n) is 6.46. The summed E-state index contributed by atoms with van der Waals surface area (Å²) in [6.45, 7) is 7.12. The molecule has 2 rings (SSSR count). The molecule has 2 nitrogen and oxygen atoms in total. The second-order valence-corrected chi connectivity index (χ2v) is 7.15. The first kappa shape index (κ1) is 14.7. The average molecular weight is 339 g/mol. The smallest absolute Gasteiger partial charge is 0.124 e. The molecule has 2 N–H and O–H groups in total. The van der Waals surface area contributed by atoms with Crippen LogP contribution in [0.25, 0.3) is 10.6 Å². The molecule has 2 aromatic rings. The van der Waals surface area contributed by atoms with Gasteiger partial charge < -0.3 is 5.73 Å². The normalized spacial score (nSPS) is 11.3. The van der Waals surface area contributed by atoms with Crippen LogP contribution in [0.2, 0.25) is 0 Å². The third kappa shape index (κ3) is 3.44. The molecule has 19 heavy (non-hydrogen) atoms. The van der Waals surface area contributed by atoms with Crippen LogP contribution in [0.3, 0.4) is 0 Å². The lowest BCUT2D eigenvalue weighted by Crippen LogP contribution is -2.02. The Morgan fingerprint density at radius 2 is 2.11 bits per heavy atom. The summed E-state index contributed by atoms with van der Waals surface area (Å²) in [5.41, 5.74) is 9.45. The van der Waals surface area contributed by atoms with Crippen LogP contribution in [0.15, 0.2) is 22.7 Å². The quantitative estimate of drug-likeness (QED) is 0.888. The summed E-state index contributed by atoms with van der Waals surface area (Å²) in [4.78, 5) is 6.02. The summed E-state index contributed by atoms with van der Waals surface area (Å²) >= 11 is 5.22. The van der Waals surface area contributed by atoms with E-state index >= 15 is 0 Å². The maximum atomic E-state index is 5.84. The summed E-state index contributed by atoms with van der Waals surface area (Å²) in [5.74, 6) is 0.603. The molecule has 0 aliphatic rings. The monoisotopic (exact) mass is 338 g/mol. The minimum atomic E-state index is 0.579. The van der Waals surface area contributed by atoms with Crippen LogP contribution < -0.4 is 5.73 Å². The summed E-state index contributed by atoms with van der Waals surface area (Å²) in [5, 5.41) is 1.08. The summed E-state index contributed by atoms with van der Waals surface area (Å²) in [6.07, 6.45) is 0.999. The van der Waals surface area contributed by atoms with Crippen LogP contribution in [0, 0.1) is 12.8 Å². The van der Waals surface area contributed by atoms with Gasteiger partial charge in [0.05, 0.1) is 5.69 Å². The molecule has 1 aromatic carbocycles. The van der Waals surface area contributed by atoms with Gasteiger partial charge in [-0.3, -0.25) is 0 Å². The molecule has 0 saturated carbocycles. The van der Waals surface area contributed by atoms with E-state index in [9.17, 15) is 0 Å². The first-order chi connectivity index (χ1) is 9.01. The molecule has 4 heteroatoms. The largest absolute Gasteiger partial charge is 0.326 e. The zero-order valence-electron chi connectivity index (χ0n) is 11.5. The van der Waals surface area contributed by atoms with Gasteiger partial charge in [0.25, 0.3) is 0 Å². The van der Waals surface area contributed by atoms with E-state index < -0.39 is 0 Å². The Morgan fingerprint density at radius 3 is 2.68 bits per heavy atom. The van der Waals surface area contributed by atoms with E-state index in [0.717, 1.165) is 15.9 Å². The van der Waals surface area contributed by atoms with Gasteiger partial charge in [0.2, 0.25) is 0 Å². The van der Waals surface area contributed by atoms with Crippen molar-refractivity contribution in [3.05, 3.63) is 38.8 Å². The van der Waals surface area contributed by atoms with E-state index in [4.69, 9.17) is 10.7 Å². The lowest BCUT2D eigenvalue weighted by Gasteiger charge is -2.03. The number of hydrogen-bond donors (Lipinski definition) is 1. The van der Waals surface area contributed by atoms with Crippen LogP contribution in [-0.4, -0.2) is 4.98 Å². The molecule has 0 atom stereocenters. The van der Waals surface area contributed by atoms with Crippen molar-refractivity contribution in [3.8, 4) is 10.6 Å². The number of rotatable bonds is 4. The summed E-state index contributed by atoms with van der Waals surface area (Å²) in [6, 6.07) is 6.31. The highest BCUT2D eigenvalue weighted by Crippen LogP contribution is 2.32. The molecule has 0 spiro atoms. The van der Waals surface area contributed by atoms with Crippen molar-refractivity contribution in [1.29, 1.82) is 0 Å². The van der Waals surface area contributed by atoms with Gasteiger partial charge in [-0.1, -0.05) is 35.8 Å². The van der Waals surface area contributed by atoms with Gasteiger partial charge >= 0.3 is 0 Å². The van der Waals surface area contributed by atoms with E-state index in [1.165, 1.54) is 21.7 Å². The Bertz CT molecular complexity index is 576. The molecule has 1 aromatic heterocycles. The molecular weight excluding hydrogens is 320 g/mol. The fourth-order valence-electron chi connectivity index (χ4n) is 2.07. The van der Waals surface area contributed by atoms with Gasteiger partial charge in [0, 0.05) is 21.5 Å². The molecule has 0 aliphatic heterocycles.